The molecule has 1 aliphatic rings. The van der Waals surface area contributed by atoms with Crippen molar-refractivity contribution >= 4 is 17.5 Å². The molecular weight excluding hydrogens is 462 g/mol. The zero-order chi connectivity index (χ0) is 24.5. The van der Waals surface area contributed by atoms with Gasteiger partial charge in [0.05, 0.1) is 26.0 Å². The van der Waals surface area contributed by atoms with Crippen LogP contribution < -0.4 is 9.47 Å². The third-order valence-electron chi connectivity index (χ3n) is 6.48. The van der Waals surface area contributed by atoms with Gasteiger partial charge in [0.2, 0.25) is 0 Å². The number of hydrogen-bond acceptors (Lipinski definition) is 4. The van der Waals surface area contributed by atoms with Crippen LogP contribution in [-0.2, 0) is 6.42 Å². The van der Waals surface area contributed by atoms with Gasteiger partial charge in [0.25, 0.3) is 5.91 Å². The first kappa shape index (κ1) is 23.0. The van der Waals surface area contributed by atoms with Crippen LogP contribution in [-0.4, -0.2) is 41.8 Å². The Morgan fingerprint density at radius 1 is 1.00 bits per heavy atom. The van der Waals surface area contributed by atoms with Gasteiger partial charge in [-0.2, -0.15) is 5.10 Å². The fourth-order valence-corrected chi connectivity index (χ4v) is 4.90. The highest BCUT2D eigenvalue weighted by Gasteiger charge is 2.42. The van der Waals surface area contributed by atoms with E-state index >= 15 is 0 Å². The Balaban J connectivity index is 1.54. The first-order valence-corrected chi connectivity index (χ1v) is 11.8. The highest BCUT2D eigenvalue weighted by molar-refractivity contribution is 6.31. The molecule has 2 heterocycles. The van der Waals surface area contributed by atoms with Crippen molar-refractivity contribution in [3.05, 3.63) is 99.7 Å². The number of amides is 1. The summed E-state index contributed by atoms with van der Waals surface area (Å²) in [6.45, 7) is 2.55. The van der Waals surface area contributed by atoms with Crippen molar-refractivity contribution in [2.24, 2.45) is 0 Å². The van der Waals surface area contributed by atoms with Gasteiger partial charge in [-0.25, -0.2) is 0 Å². The molecule has 1 atom stereocenters. The Morgan fingerprint density at radius 3 is 2.46 bits per heavy atom. The second-order valence-electron chi connectivity index (χ2n) is 8.59. The summed E-state index contributed by atoms with van der Waals surface area (Å²) in [5, 5.41) is 8.17. The quantitative estimate of drug-likeness (QED) is 0.355. The van der Waals surface area contributed by atoms with Gasteiger partial charge >= 0.3 is 0 Å². The Hall–Kier alpha value is -3.77. The van der Waals surface area contributed by atoms with E-state index in [0.717, 1.165) is 33.5 Å². The first-order chi connectivity index (χ1) is 17.0. The Labute approximate surface area is 209 Å². The van der Waals surface area contributed by atoms with Crippen LogP contribution in [0.3, 0.4) is 0 Å². The molecule has 3 aromatic carbocycles. The number of ether oxygens (including phenoxy) is 2. The van der Waals surface area contributed by atoms with Gasteiger partial charge in [0.1, 0.15) is 5.69 Å². The van der Waals surface area contributed by atoms with E-state index in [2.05, 4.69) is 10.2 Å². The maximum atomic E-state index is 13.6. The van der Waals surface area contributed by atoms with Crippen molar-refractivity contribution in [3.8, 4) is 22.8 Å². The number of aromatic amines is 1. The maximum absolute atomic E-state index is 13.6. The highest BCUT2D eigenvalue weighted by Crippen LogP contribution is 2.44. The maximum Gasteiger partial charge on any atom is 0.273 e. The second-order valence-corrected chi connectivity index (χ2v) is 9.00. The molecular formula is C28H26ClN3O3. The number of fused-ring (bicyclic) bond motifs is 1. The number of hydrogen-bond donors (Lipinski definition) is 1. The van der Waals surface area contributed by atoms with Crippen LogP contribution in [0.25, 0.3) is 11.3 Å². The van der Waals surface area contributed by atoms with Crippen LogP contribution in [0.1, 0.15) is 38.8 Å². The lowest BCUT2D eigenvalue weighted by atomic mass is 9.95. The van der Waals surface area contributed by atoms with Crippen molar-refractivity contribution in [1.82, 2.24) is 15.1 Å². The first-order valence-electron chi connectivity index (χ1n) is 11.4. The summed E-state index contributed by atoms with van der Waals surface area (Å²) in [5.74, 6) is 1.25. The van der Waals surface area contributed by atoms with Crippen LogP contribution in [0, 0.1) is 6.92 Å². The summed E-state index contributed by atoms with van der Waals surface area (Å²) in [5.41, 5.74) is 6.18. The summed E-state index contributed by atoms with van der Waals surface area (Å²) < 4.78 is 10.8. The molecule has 178 valence electrons. The molecule has 6 nitrogen and oxygen atoms in total. The zero-order valence-corrected chi connectivity index (χ0v) is 20.6. The smallest absolute Gasteiger partial charge is 0.273 e. The number of aryl methyl sites for hydroxylation is 1. The zero-order valence-electron chi connectivity index (χ0n) is 19.8. The average molecular weight is 488 g/mol. The molecule has 0 saturated heterocycles. The van der Waals surface area contributed by atoms with Crippen molar-refractivity contribution in [3.63, 3.8) is 0 Å². The second kappa shape index (κ2) is 9.47. The third kappa shape index (κ3) is 4.15. The van der Waals surface area contributed by atoms with Gasteiger partial charge in [0.15, 0.2) is 11.5 Å². The Morgan fingerprint density at radius 2 is 1.74 bits per heavy atom. The van der Waals surface area contributed by atoms with Crippen LogP contribution in [0.2, 0.25) is 5.02 Å². The van der Waals surface area contributed by atoms with Crippen molar-refractivity contribution in [2.75, 3.05) is 20.8 Å². The molecule has 1 aromatic heterocycles. The number of H-pyrrole nitrogens is 1. The predicted molar refractivity (Wildman–Crippen MR) is 136 cm³/mol. The van der Waals surface area contributed by atoms with Gasteiger partial charge < -0.3 is 14.4 Å². The van der Waals surface area contributed by atoms with Crippen LogP contribution >= 0.6 is 11.6 Å². The summed E-state index contributed by atoms with van der Waals surface area (Å²) >= 11 is 6.66. The third-order valence-corrected chi connectivity index (χ3v) is 6.82. The molecule has 0 bridgehead atoms. The SMILES string of the molecule is COc1ccc(CCN2C(=O)c3[nH]nc(-c4ccc(C)cc4)c3C2c2ccccc2Cl)cc1OC. The number of carbonyl (C=O) groups is 1. The van der Waals surface area contributed by atoms with Gasteiger partial charge in [0, 0.05) is 22.7 Å². The summed E-state index contributed by atoms with van der Waals surface area (Å²) in [7, 11) is 3.23. The number of methoxy groups -OCH3 is 2. The van der Waals surface area contributed by atoms with Crippen LogP contribution in [0.4, 0.5) is 0 Å². The molecule has 7 heteroatoms. The van der Waals surface area contributed by atoms with E-state index in [1.807, 2.05) is 78.6 Å². The Bertz CT molecular complexity index is 1380. The van der Waals surface area contributed by atoms with Gasteiger partial charge in [-0.05, 0) is 42.7 Å². The lowest BCUT2D eigenvalue weighted by molar-refractivity contribution is 0.0746. The number of halogens is 1. The molecule has 1 aliphatic heterocycles. The molecule has 0 aliphatic carbocycles. The summed E-state index contributed by atoms with van der Waals surface area (Å²) in [6, 6.07) is 21.3. The van der Waals surface area contributed by atoms with E-state index in [1.165, 1.54) is 0 Å². The van der Waals surface area contributed by atoms with E-state index in [9.17, 15) is 4.79 Å². The van der Waals surface area contributed by atoms with E-state index in [1.54, 1.807) is 14.2 Å². The monoisotopic (exact) mass is 487 g/mol. The molecule has 5 rings (SSSR count). The van der Waals surface area contributed by atoms with Gasteiger partial charge in [-0.1, -0.05) is 65.7 Å². The van der Waals surface area contributed by atoms with E-state index in [-0.39, 0.29) is 11.9 Å². The van der Waals surface area contributed by atoms with Crippen LogP contribution in [0.15, 0.2) is 66.7 Å². The number of aromatic nitrogens is 2. The predicted octanol–water partition coefficient (Wildman–Crippen LogP) is 5.84. The minimum Gasteiger partial charge on any atom is -0.493 e. The molecule has 0 spiro atoms. The molecule has 0 radical (unpaired) electrons. The van der Waals surface area contributed by atoms with E-state index < -0.39 is 0 Å². The number of rotatable bonds is 7. The molecule has 1 amide bonds. The van der Waals surface area contributed by atoms with Gasteiger partial charge in [-0.15, -0.1) is 0 Å². The van der Waals surface area contributed by atoms with Crippen molar-refractivity contribution in [2.45, 2.75) is 19.4 Å². The fraction of sp³-hybridized carbons (Fsp3) is 0.214. The lowest BCUT2D eigenvalue weighted by Crippen LogP contribution is -2.31. The molecule has 1 N–H and O–H groups in total. The number of carbonyl (C=O) groups excluding carboxylic acids is 1. The highest BCUT2D eigenvalue weighted by atomic mass is 35.5. The van der Waals surface area contributed by atoms with Gasteiger partial charge in [-0.3, -0.25) is 9.89 Å². The van der Waals surface area contributed by atoms with E-state index in [4.69, 9.17) is 21.1 Å². The lowest BCUT2D eigenvalue weighted by Gasteiger charge is -2.27. The summed E-state index contributed by atoms with van der Waals surface area (Å²) in [4.78, 5) is 15.5. The van der Waals surface area contributed by atoms with Crippen LogP contribution in [0.5, 0.6) is 11.5 Å². The molecule has 0 saturated carbocycles. The Kier molecular flexibility index (Phi) is 6.22. The fourth-order valence-electron chi connectivity index (χ4n) is 4.66. The topological polar surface area (TPSA) is 67.5 Å². The molecule has 4 aromatic rings. The standard InChI is InChI=1S/C28H26ClN3O3/c1-17-8-11-19(12-9-17)25-24-26(31-30-25)28(33)32(27(24)20-6-4-5-7-21(20)29)15-14-18-10-13-22(34-2)23(16-18)35-3/h4-13,16,27H,14-15H2,1-3H3,(H,30,31). The van der Waals surface area contributed by atoms with E-state index in [0.29, 0.717) is 35.2 Å². The number of benzene rings is 3. The average Bonchev–Trinajstić information content (AvgIpc) is 3.42. The number of nitrogens with one attached hydrogen (secondary N) is 1. The summed E-state index contributed by atoms with van der Waals surface area (Å²) in [6.07, 6.45) is 0.643. The molecule has 0 fully saturated rings. The minimum absolute atomic E-state index is 0.0868. The minimum atomic E-state index is -0.346. The normalized spacial score (nSPS) is 14.8. The van der Waals surface area contributed by atoms with Crippen molar-refractivity contribution in [1.29, 1.82) is 0 Å². The molecule has 1 unspecified atom stereocenters. The largest absolute Gasteiger partial charge is 0.493 e. The van der Waals surface area contributed by atoms with Crippen molar-refractivity contribution < 1.29 is 14.3 Å². The molecule has 35 heavy (non-hydrogen) atoms. The number of nitrogens with zero attached hydrogens (tertiary/aromatic N) is 2.